The molecule has 5 aromatic rings. The number of fused-ring (bicyclic) bond motifs is 1. The number of nitrogens with one attached hydrogen (secondary N) is 2. The zero-order chi connectivity index (χ0) is 26.6. The molecule has 0 unspecified atom stereocenters. The first-order valence-corrected chi connectivity index (χ1v) is 12.9. The lowest BCUT2D eigenvalue weighted by Gasteiger charge is -2.07. The van der Waals surface area contributed by atoms with Crippen molar-refractivity contribution in [2.45, 2.75) is 0 Å². The number of halogens is 3. The summed E-state index contributed by atoms with van der Waals surface area (Å²) in [6.45, 7) is 0. The van der Waals surface area contributed by atoms with Crippen molar-refractivity contribution in [1.29, 1.82) is 0 Å². The second-order valence-corrected chi connectivity index (χ2v) is 9.94. The summed E-state index contributed by atoms with van der Waals surface area (Å²) in [4.78, 5) is 29.0. The molecule has 0 aliphatic rings. The summed E-state index contributed by atoms with van der Waals surface area (Å²) < 4.78 is 6.34. The van der Waals surface area contributed by atoms with Crippen molar-refractivity contribution in [1.82, 2.24) is 10.4 Å². The van der Waals surface area contributed by atoms with Gasteiger partial charge in [0.05, 0.1) is 22.3 Å². The van der Waals surface area contributed by atoms with Gasteiger partial charge in [-0.05, 0) is 54.1 Å². The molecule has 0 aliphatic carbocycles. The minimum absolute atomic E-state index is 0.290. The van der Waals surface area contributed by atoms with E-state index in [1.54, 1.807) is 54.6 Å². The Labute approximate surface area is 236 Å². The van der Waals surface area contributed by atoms with E-state index >= 15 is 0 Å². The third-order valence-corrected chi connectivity index (χ3v) is 6.69. The average Bonchev–Trinajstić information content (AvgIpc) is 3.30. The van der Waals surface area contributed by atoms with E-state index in [1.165, 1.54) is 6.21 Å². The van der Waals surface area contributed by atoms with Crippen molar-refractivity contribution >= 4 is 68.1 Å². The lowest BCUT2D eigenvalue weighted by molar-refractivity contribution is 0.0734. The molecule has 1 amide bonds. The second-order valence-electron chi connectivity index (χ2n) is 8.18. The Morgan fingerprint density at radius 2 is 1.63 bits per heavy atom. The number of hydrogen-bond donors (Lipinski definition) is 2. The number of benzene rings is 4. The SMILES string of the molecule is O=C(Oc1ccccc1C=NNC(=O)c1[nH]c2c(Cl)cc(Br)cc2c1-c1ccccc1)c1ccc(Cl)cc1. The summed E-state index contributed by atoms with van der Waals surface area (Å²) in [5.41, 5.74) is 5.92. The number of carbonyl (C=O) groups excluding carboxylic acids is 2. The van der Waals surface area contributed by atoms with Gasteiger partial charge < -0.3 is 9.72 Å². The highest BCUT2D eigenvalue weighted by Crippen LogP contribution is 2.37. The number of carbonyl (C=O) groups is 2. The van der Waals surface area contributed by atoms with Crippen LogP contribution >= 0.6 is 39.1 Å². The third kappa shape index (κ3) is 5.50. The predicted octanol–water partition coefficient (Wildman–Crippen LogP) is 7.89. The number of hydrogen-bond acceptors (Lipinski definition) is 4. The molecule has 9 heteroatoms. The van der Waals surface area contributed by atoms with Crippen LogP contribution in [0.25, 0.3) is 22.0 Å². The highest BCUT2D eigenvalue weighted by Gasteiger charge is 2.21. The number of esters is 1. The van der Waals surface area contributed by atoms with E-state index in [1.807, 2.05) is 36.4 Å². The number of para-hydroxylation sites is 1. The molecule has 0 spiro atoms. The maximum atomic E-state index is 13.3. The Hall–Kier alpha value is -3.91. The van der Waals surface area contributed by atoms with Crippen LogP contribution in [0.4, 0.5) is 0 Å². The maximum Gasteiger partial charge on any atom is 0.343 e. The number of rotatable bonds is 6. The zero-order valence-corrected chi connectivity index (χ0v) is 22.6. The molecule has 1 aromatic heterocycles. The van der Waals surface area contributed by atoms with E-state index in [-0.39, 0.29) is 5.75 Å². The van der Waals surface area contributed by atoms with Crippen molar-refractivity contribution in [3.63, 3.8) is 0 Å². The number of ether oxygens (including phenoxy) is 1. The minimum Gasteiger partial charge on any atom is -0.422 e. The molecule has 0 saturated heterocycles. The normalized spacial score (nSPS) is 11.1. The van der Waals surface area contributed by atoms with Crippen LogP contribution in [0.5, 0.6) is 5.75 Å². The van der Waals surface area contributed by atoms with Crippen LogP contribution in [0.15, 0.2) is 101 Å². The largest absolute Gasteiger partial charge is 0.422 e. The van der Waals surface area contributed by atoms with Crippen LogP contribution in [0.3, 0.4) is 0 Å². The molecule has 0 bridgehead atoms. The molecule has 0 aliphatic heterocycles. The van der Waals surface area contributed by atoms with Gasteiger partial charge in [-0.15, -0.1) is 0 Å². The first kappa shape index (κ1) is 25.7. The minimum atomic E-state index is -0.542. The quantitative estimate of drug-likeness (QED) is 0.0892. The number of aromatic nitrogens is 1. The summed E-state index contributed by atoms with van der Waals surface area (Å²) >= 11 is 15.8. The standard InChI is InChI=1S/C29H18BrCl2N3O3/c30-20-14-22-25(17-6-2-1-3-7-17)27(34-26(22)23(32)15-20)28(36)35-33-16-19-8-4-5-9-24(19)38-29(37)18-10-12-21(31)13-11-18/h1-16,34H,(H,35,36). The van der Waals surface area contributed by atoms with Gasteiger partial charge in [0.15, 0.2) is 0 Å². The number of H-pyrrole nitrogens is 1. The van der Waals surface area contributed by atoms with E-state index in [0.29, 0.717) is 37.9 Å². The fourth-order valence-corrected chi connectivity index (χ4v) is 4.92. The molecule has 6 nitrogen and oxygen atoms in total. The molecule has 2 N–H and O–H groups in total. The average molecular weight is 607 g/mol. The van der Waals surface area contributed by atoms with Crippen molar-refractivity contribution in [2.24, 2.45) is 5.10 Å². The Morgan fingerprint density at radius 1 is 0.921 bits per heavy atom. The van der Waals surface area contributed by atoms with Crippen LogP contribution in [0.2, 0.25) is 10.0 Å². The molecule has 1 heterocycles. The van der Waals surface area contributed by atoms with E-state index in [2.05, 4.69) is 31.4 Å². The monoisotopic (exact) mass is 605 g/mol. The molecule has 0 saturated carbocycles. The Bertz CT molecular complexity index is 1680. The first-order chi connectivity index (χ1) is 18.4. The van der Waals surface area contributed by atoms with Gasteiger partial charge in [0.1, 0.15) is 11.4 Å². The first-order valence-electron chi connectivity index (χ1n) is 11.4. The summed E-state index contributed by atoms with van der Waals surface area (Å²) in [5.74, 6) is -0.711. The molecule has 0 atom stereocenters. The van der Waals surface area contributed by atoms with Gasteiger partial charge in [-0.2, -0.15) is 5.10 Å². The highest BCUT2D eigenvalue weighted by atomic mass is 79.9. The molecule has 0 fully saturated rings. The van der Waals surface area contributed by atoms with Crippen LogP contribution in [0.1, 0.15) is 26.4 Å². The van der Waals surface area contributed by atoms with Gasteiger partial charge in [0.2, 0.25) is 0 Å². The maximum absolute atomic E-state index is 13.3. The summed E-state index contributed by atoms with van der Waals surface area (Å²) in [6.07, 6.45) is 1.41. The lowest BCUT2D eigenvalue weighted by atomic mass is 10.0. The fourth-order valence-electron chi connectivity index (χ4n) is 3.94. The molecule has 0 radical (unpaired) electrons. The lowest BCUT2D eigenvalue weighted by Crippen LogP contribution is -2.19. The summed E-state index contributed by atoms with van der Waals surface area (Å²) in [6, 6.07) is 26.5. The second kappa shape index (κ2) is 11.2. The zero-order valence-electron chi connectivity index (χ0n) is 19.5. The molecular weight excluding hydrogens is 589 g/mol. The number of amides is 1. The number of aromatic amines is 1. The molecule has 5 rings (SSSR count). The molecule has 4 aromatic carbocycles. The Morgan fingerprint density at radius 3 is 2.39 bits per heavy atom. The molecule has 188 valence electrons. The van der Waals surface area contributed by atoms with E-state index in [0.717, 1.165) is 15.4 Å². The van der Waals surface area contributed by atoms with Crippen LogP contribution in [-0.2, 0) is 0 Å². The molecular formula is C29H18BrCl2N3O3. The van der Waals surface area contributed by atoms with Crippen molar-refractivity contribution in [3.8, 4) is 16.9 Å². The predicted molar refractivity (Wildman–Crippen MR) is 154 cm³/mol. The van der Waals surface area contributed by atoms with E-state index in [4.69, 9.17) is 27.9 Å². The third-order valence-electron chi connectivity index (χ3n) is 5.69. The van der Waals surface area contributed by atoms with Crippen molar-refractivity contribution in [2.75, 3.05) is 0 Å². The van der Waals surface area contributed by atoms with Crippen molar-refractivity contribution in [3.05, 3.63) is 122 Å². The number of hydrazone groups is 1. The van der Waals surface area contributed by atoms with Gasteiger partial charge in [0.25, 0.3) is 5.91 Å². The van der Waals surface area contributed by atoms with E-state index < -0.39 is 11.9 Å². The van der Waals surface area contributed by atoms with Gasteiger partial charge in [0, 0.05) is 26.0 Å². The molecule has 38 heavy (non-hydrogen) atoms. The fraction of sp³-hybridized carbons (Fsp3) is 0. The summed E-state index contributed by atoms with van der Waals surface area (Å²) in [7, 11) is 0. The van der Waals surface area contributed by atoms with Crippen LogP contribution in [-0.4, -0.2) is 23.1 Å². The number of nitrogens with zero attached hydrogens (tertiary/aromatic N) is 1. The van der Waals surface area contributed by atoms with Crippen LogP contribution in [0, 0.1) is 0 Å². The highest BCUT2D eigenvalue weighted by molar-refractivity contribution is 9.10. The van der Waals surface area contributed by atoms with Crippen LogP contribution < -0.4 is 10.2 Å². The van der Waals surface area contributed by atoms with Gasteiger partial charge >= 0.3 is 5.97 Å². The van der Waals surface area contributed by atoms with Gasteiger partial charge in [-0.3, -0.25) is 4.79 Å². The van der Waals surface area contributed by atoms with Gasteiger partial charge in [-0.1, -0.05) is 81.6 Å². The summed E-state index contributed by atoms with van der Waals surface area (Å²) in [5, 5.41) is 5.91. The Kier molecular flexibility index (Phi) is 7.60. The topological polar surface area (TPSA) is 83.5 Å². The Balaban J connectivity index is 1.41. The smallest absolute Gasteiger partial charge is 0.343 e. The van der Waals surface area contributed by atoms with Crippen molar-refractivity contribution < 1.29 is 14.3 Å². The van der Waals surface area contributed by atoms with E-state index in [9.17, 15) is 9.59 Å². The van der Waals surface area contributed by atoms with Gasteiger partial charge in [-0.25, -0.2) is 10.2 Å².